The molecule has 7 nitrogen and oxygen atoms in total. The van der Waals surface area contributed by atoms with E-state index in [2.05, 4.69) is 26.3 Å². The van der Waals surface area contributed by atoms with Crippen molar-refractivity contribution in [1.29, 1.82) is 0 Å². The summed E-state index contributed by atoms with van der Waals surface area (Å²) in [6.45, 7) is 8.18. The highest BCUT2D eigenvalue weighted by atomic mass is 16.4. The Morgan fingerprint density at radius 1 is 1.10 bits per heavy atom. The normalized spacial score (nSPS) is 17.7. The van der Waals surface area contributed by atoms with Crippen LogP contribution in [0.25, 0.3) is 27.9 Å². The lowest BCUT2D eigenvalue weighted by Crippen LogP contribution is -2.71. The van der Waals surface area contributed by atoms with E-state index in [-0.39, 0.29) is 5.63 Å². The minimum atomic E-state index is -0.372. The third-order valence-electron chi connectivity index (χ3n) is 6.14. The van der Waals surface area contributed by atoms with Crippen molar-refractivity contribution in [2.75, 3.05) is 31.1 Å². The molecular weight excluding hydrogens is 366 g/mol. The number of fused-ring (bicyclic) bond motifs is 2. The van der Waals surface area contributed by atoms with Crippen molar-refractivity contribution in [2.24, 2.45) is 5.41 Å². The predicted molar refractivity (Wildman–Crippen MR) is 111 cm³/mol. The molecule has 1 aromatic carbocycles. The van der Waals surface area contributed by atoms with Crippen molar-refractivity contribution in [1.82, 2.24) is 19.7 Å². The smallest absolute Gasteiger partial charge is 0.345 e. The van der Waals surface area contributed by atoms with Crippen LogP contribution in [0, 0.1) is 19.3 Å². The van der Waals surface area contributed by atoms with E-state index in [0.29, 0.717) is 22.3 Å². The van der Waals surface area contributed by atoms with Gasteiger partial charge in [0, 0.05) is 61.1 Å². The third kappa shape index (κ3) is 2.50. The number of nitrogens with one attached hydrogen (secondary N) is 1. The fourth-order valence-electron chi connectivity index (χ4n) is 4.56. The lowest BCUT2D eigenvalue weighted by atomic mass is 9.74. The Kier molecular flexibility index (Phi) is 3.27. The fraction of sp³-hybridized carbons (Fsp3) is 0.318. The van der Waals surface area contributed by atoms with Crippen molar-refractivity contribution in [3.63, 3.8) is 0 Å². The van der Waals surface area contributed by atoms with Crippen LogP contribution in [-0.4, -0.2) is 40.5 Å². The number of benzene rings is 1. The van der Waals surface area contributed by atoms with Crippen LogP contribution in [0.3, 0.4) is 0 Å². The first-order valence-corrected chi connectivity index (χ1v) is 9.87. The maximum absolute atomic E-state index is 12.7. The second kappa shape index (κ2) is 5.67. The summed E-state index contributed by atoms with van der Waals surface area (Å²) in [6, 6.07) is 7.97. The first kappa shape index (κ1) is 16.7. The minimum absolute atomic E-state index is 0.372. The van der Waals surface area contributed by atoms with Gasteiger partial charge in [-0.2, -0.15) is 0 Å². The Hall–Kier alpha value is -3.19. The Balaban J connectivity index is 1.39. The summed E-state index contributed by atoms with van der Waals surface area (Å²) in [6.07, 6.45) is 3.76. The SMILES string of the molecule is Cc1cn2cc(-c3cc4ccc(N5CC6(CNC6)C5)cc4oc3=O)nc2c(C)n1. The molecule has 2 aliphatic heterocycles. The average molecular weight is 387 g/mol. The van der Waals surface area contributed by atoms with E-state index < -0.39 is 0 Å². The molecule has 2 aliphatic rings. The standard InChI is InChI=1S/C22H21N5O2/c1-13-7-26-8-18(25-20(26)14(2)24-13)17-5-15-3-4-16(6-19(15)29-21(17)28)27-11-22(12-27)9-23-10-22/h3-8,23H,9-12H2,1-2H3. The summed E-state index contributed by atoms with van der Waals surface area (Å²) < 4.78 is 7.60. The van der Waals surface area contributed by atoms with Crippen molar-refractivity contribution in [2.45, 2.75) is 13.8 Å². The molecule has 0 unspecified atom stereocenters. The second-order valence-electron chi connectivity index (χ2n) is 8.45. The van der Waals surface area contributed by atoms with Crippen molar-refractivity contribution in [3.05, 3.63) is 58.5 Å². The lowest BCUT2D eigenvalue weighted by molar-refractivity contribution is 0.121. The van der Waals surface area contributed by atoms with Gasteiger partial charge in [0.1, 0.15) is 5.58 Å². The molecule has 0 atom stereocenters. The van der Waals surface area contributed by atoms with Crippen LogP contribution < -0.4 is 15.8 Å². The number of imidazole rings is 1. The summed E-state index contributed by atoms with van der Waals surface area (Å²) >= 11 is 0. The van der Waals surface area contributed by atoms with E-state index in [1.807, 2.05) is 48.8 Å². The maximum Gasteiger partial charge on any atom is 0.345 e. The summed E-state index contributed by atoms with van der Waals surface area (Å²) in [5, 5.41) is 4.25. The summed E-state index contributed by atoms with van der Waals surface area (Å²) in [5.41, 5.74) is 5.35. The number of hydrogen-bond donors (Lipinski definition) is 1. The number of hydrogen-bond acceptors (Lipinski definition) is 6. The van der Waals surface area contributed by atoms with Crippen LogP contribution in [-0.2, 0) is 0 Å². The first-order valence-electron chi connectivity index (χ1n) is 9.87. The molecule has 0 aliphatic carbocycles. The Morgan fingerprint density at radius 2 is 1.93 bits per heavy atom. The van der Waals surface area contributed by atoms with Gasteiger partial charge in [0.15, 0.2) is 5.65 Å². The molecule has 29 heavy (non-hydrogen) atoms. The van der Waals surface area contributed by atoms with E-state index in [0.717, 1.165) is 54.3 Å². The zero-order valence-corrected chi connectivity index (χ0v) is 16.4. The van der Waals surface area contributed by atoms with Crippen molar-refractivity contribution < 1.29 is 4.42 Å². The molecule has 5 heterocycles. The van der Waals surface area contributed by atoms with E-state index in [4.69, 9.17) is 4.42 Å². The summed E-state index contributed by atoms with van der Waals surface area (Å²) in [4.78, 5) is 24.1. The Bertz CT molecular complexity index is 1340. The van der Waals surface area contributed by atoms with Crippen molar-refractivity contribution in [3.8, 4) is 11.3 Å². The number of aromatic nitrogens is 3. The number of nitrogens with zero attached hydrogens (tertiary/aromatic N) is 4. The average Bonchev–Trinajstić information content (AvgIpc) is 3.02. The van der Waals surface area contributed by atoms with E-state index in [9.17, 15) is 4.79 Å². The molecule has 4 aromatic rings. The van der Waals surface area contributed by atoms with Crippen LogP contribution in [0.2, 0.25) is 0 Å². The highest BCUT2D eigenvalue weighted by Crippen LogP contribution is 2.38. The molecule has 3 aromatic heterocycles. The second-order valence-corrected chi connectivity index (χ2v) is 8.45. The van der Waals surface area contributed by atoms with Gasteiger partial charge in [-0.05, 0) is 32.0 Å². The predicted octanol–water partition coefficient (Wildman–Crippen LogP) is 2.53. The Morgan fingerprint density at radius 3 is 2.69 bits per heavy atom. The molecule has 0 bridgehead atoms. The molecule has 0 saturated carbocycles. The van der Waals surface area contributed by atoms with Crippen LogP contribution in [0.1, 0.15) is 11.4 Å². The molecule has 0 radical (unpaired) electrons. The van der Waals surface area contributed by atoms with Gasteiger partial charge in [0.2, 0.25) is 0 Å². The molecule has 1 N–H and O–H groups in total. The third-order valence-corrected chi connectivity index (χ3v) is 6.14. The molecule has 2 fully saturated rings. The van der Waals surface area contributed by atoms with Gasteiger partial charge in [-0.25, -0.2) is 9.78 Å². The molecule has 6 rings (SSSR count). The van der Waals surface area contributed by atoms with E-state index in [1.165, 1.54) is 0 Å². The zero-order valence-electron chi connectivity index (χ0n) is 16.4. The van der Waals surface area contributed by atoms with Crippen molar-refractivity contribution >= 4 is 22.3 Å². The number of aryl methyl sites for hydroxylation is 2. The van der Waals surface area contributed by atoms with Gasteiger partial charge >= 0.3 is 5.63 Å². The highest BCUT2D eigenvalue weighted by molar-refractivity contribution is 5.84. The molecule has 7 heteroatoms. The zero-order chi connectivity index (χ0) is 19.8. The van der Waals surface area contributed by atoms with Gasteiger partial charge in [-0.3, -0.25) is 4.98 Å². The van der Waals surface area contributed by atoms with Crippen LogP contribution in [0.5, 0.6) is 0 Å². The molecule has 0 amide bonds. The molecule has 2 saturated heterocycles. The molecule has 146 valence electrons. The monoisotopic (exact) mass is 387 g/mol. The first-order chi connectivity index (χ1) is 14.0. The minimum Gasteiger partial charge on any atom is -0.422 e. The molecule has 1 spiro atoms. The van der Waals surface area contributed by atoms with Gasteiger partial charge in [0.05, 0.1) is 22.6 Å². The van der Waals surface area contributed by atoms with Gasteiger partial charge in [-0.1, -0.05) is 0 Å². The summed E-state index contributed by atoms with van der Waals surface area (Å²) in [5.74, 6) is 0. The number of anilines is 1. The maximum atomic E-state index is 12.7. The highest BCUT2D eigenvalue weighted by Gasteiger charge is 2.47. The largest absolute Gasteiger partial charge is 0.422 e. The van der Waals surface area contributed by atoms with Crippen LogP contribution >= 0.6 is 0 Å². The topological polar surface area (TPSA) is 75.7 Å². The van der Waals surface area contributed by atoms with E-state index >= 15 is 0 Å². The van der Waals surface area contributed by atoms with Gasteiger partial charge in [-0.15, -0.1) is 0 Å². The quantitative estimate of drug-likeness (QED) is 0.533. The fourth-order valence-corrected chi connectivity index (χ4v) is 4.56. The van der Waals surface area contributed by atoms with Gasteiger partial charge in [0.25, 0.3) is 0 Å². The lowest BCUT2D eigenvalue weighted by Gasteiger charge is -2.57. The van der Waals surface area contributed by atoms with Crippen LogP contribution in [0.4, 0.5) is 5.69 Å². The summed E-state index contributed by atoms with van der Waals surface area (Å²) in [7, 11) is 0. The van der Waals surface area contributed by atoms with Crippen LogP contribution in [0.15, 0.2) is 45.9 Å². The Labute approximate surface area is 167 Å². The molecular formula is C22H21N5O2. The van der Waals surface area contributed by atoms with Gasteiger partial charge < -0.3 is 19.0 Å². The van der Waals surface area contributed by atoms with E-state index in [1.54, 1.807) is 0 Å². The number of rotatable bonds is 2.